The van der Waals surface area contributed by atoms with Crippen LogP contribution in [0.4, 0.5) is 0 Å². The molecular formula is C21H16Cl2N2O2. The van der Waals surface area contributed by atoms with E-state index in [0.29, 0.717) is 39.1 Å². The van der Waals surface area contributed by atoms with Crippen LogP contribution in [-0.2, 0) is 4.79 Å². The highest BCUT2D eigenvalue weighted by Crippen LogP contribution is 2.43. The first-order chi connectivity index (χ1) is 13.0. The van der Waals surface area contributed by atoms with Crippen molar-refractivity contribution in [3.8, 4) is 17.4 Å². The zero-order valence-electron chi connectivity index (χ0n) is 14.6. The molecular weight excluding hydrogens is 383 g/mol. The minimum absolute atomic E-state index is 0.0708. The van der Waals surface area contributed by atoms with E-state index < -0.39 is 5.92 Å². The monoisotopic (exact) mass is 398 g/mol. The van der Waals surface area contributed by atoms with Crippen molar-refractivity contribution in [1.82, 2.24) is 5.32 Å². The first kappa shape index (κ1) is 17.9. The molecule has 27 heavy (non-hydrogen) atoms. The summed E-state index contributed by atoms with van der Waals surface area (Å²) in [4.78, 5) is 12.6. The molecule has 0 radical (unpaired) electrons. The fourth-order valence-corrected chi connectivity index (χ4v) is 4.03. The van der Waals surface area contributed by atoms with Crippen LogP contribution in [0.5, 0.6) is 0 Å². The Kier molecular flexibility index (Phi) is 4.59. The summed E-state index contributed by atoms with van der Waals surface area (Å²) in [5.74, 6) is 0.788. The van der Waals surface area contributed by atoms with Gasteiger partial charge in [0.2, 0.25) is 0 Å². The summed E-state index contributed by atoms with van der Waals surface area (Å²) in [5, 5.41) is 13.9. The predicted octanol–water partition coefficient (Wildman–Crippen LogP) is 5.74. The number of nitrogens with zero attached hydrogens (tertiary/aromatic N) is 1. The van der Waals surface area contributed by atoms with Crippen LogP contribution in [0.1, 0.15) is 37.9 Å². The summed E-state index contributed by atoms with van der Waals surface area (Å²) >= 11 is 12.1. The first-order valence-electron chi connectivity index (χ1n) is 8.69. The molecule has 6 heteroatoms. The van der Waals surface area contributed by atoms with Gasteiger partial charge in [-0.3, -0.25) is 4.79 Å². The van der Waals surface area contributed by atoms with Crippen LogP contribution in [-0.4, -0.2) is 5.78 Å². The maximum absolute atomic E-state index is 12.6. The number of carbonyl (C=O) groups is 1. The van der Waals surface area contributed by atoms with Gasteiger partial charge in [0.25, 0.3) is 0 Å². The average molecular weight is 399 g/mol. The van der Waals surface area contributed by atoms with Crippen molar-refractivity contribution in [2.45, 2.75) is 32.1 Å². The standard InChI is InChI=1S/C21H16Cl2N2O2/c1-11-13(10-24)20(21-16(25-11)3-2-4-17(21)26)19-8-7-18(27-19)12-5-6-14(22)15(23)9-12/h5-9,20,25H,2-4H2,1H3. The van der Waals surface area contributed by atoms with Crippen LogP contribution < -0.4 is 5.32 Å². The third kappa shape index (κ3) is 3.07. The van der Waals surface area contributed by atoms with Crippen LogP contribution in [0.25, 0.3) is 11.3 Å². The molecule has 1 atom stereocenters. The van der Waals surface area contributed by atoms with E-state index in [-0.39, 0.29) is 5.78 Å². The molecule has 1 unspecified atom stereocenters. The molecule has 136 valence electrons. The van der Waals surface area contributed by atoms with E-state index >= 15 is 0 Å². The number of Topliss-reactive ketones (excluding diaryl/α,β-unsaturated/α-hetero) is 1. The first-order valence-corrected chi connectivity index (χ1v) is 9.44. The number of carbonyl (C=O) groups excluding carboxylic acids is 1. The van der Waals surface area contributed by atoms with Gasteiger partial charge in [-0.05, 0) is 50.1 Å². The van der Waals surface area contributed by atoms with Crippen molar-refractivity contribution in [3.63, 3.8) is 0 Å². The molecule has 0 amide bonds. The number of hydrogen-bond acceptors (Lipinski definition) is 4. The quantitative estimate of drug-likeness (QED) is 0.699. The van der Waals surface area contributed by atoms with Crippen LogP contribution in [0.2, 0.25) is 10.0 Å². The molecule has 0 fully saturated rings. The molecule has 1 aliphatic carbocycles. The zero-order valence-corrected chi connectivity index (χ0v) is 16.1. The van der Waals surface area contributed by atoms with Gasteiger partial charge >= 0.3 is 0 Å². The summed E-state index contributed by atoms with van der Waals surface area (Å²) in [6.45, 7) is 1.86. The minimum atomic E-state index is -0.476. The Morgan fingerprint density at radius 3 is 2.74 bits per heavy atom. The Morgan fingerprint density at radius 1 is 1.19 bits per heavy atom. The van der Waals surface area contributed by atoms with Crippen molar-refractivity contribution in [2.24, 2.45) is 0 Å². The molecule has 0 saturated carbocycles. The third-order valence-corrected chi connectivity index (χ3v) is 5.75. The second-order valence-electron chi connectivity index (χ2n) is 6.71. The highest BCUT2D eigenvalue weighted by molar-refractivity contribution is 6.42. The summed E-state index contributed by atoms with van der Waals surface area (Å²) in [7, 11) is 0. The number of furan rings is 1. The predicted molar refractivity (Wildman–Crippen MR) is 104 cm³/mol. The van der Waals surface area contributed by atoms with E-state index in [1.165, 1.54) is 0 Å². The number of rotatable bonds is 2. The largest absolute Gasteiger partial charge is 0.460 e. The van der Waals surface area contributed by atoms with Gasteiger partial charge in [0.05, 0.1) is 27.6 Å². The maximum Gasteiger partial charge on any atom is 0.161 e. The normalized spacial score (nSPS) is 19.6. The molecule has 2 aliphatic rings. The minimum Gasteiger partial charge on any atom is -0.460 e. The van der Waals surface area contributed by atoms with Crippen LogP contribution in [0.15, 0.2) is 57.3 Å². The lowest BCUT2D eigenvalue weighted by Gasteiger charge is -2.31. The van der Waals surface area contributed by atoms with E-state index in [1.54, 1.807) is 12.1 Å². The number of halogens is 2. The molecule has 2 heterocycles. The van der Waals surface area contributed by atoms with Crippen molar-refractivity contribution >= 4 is 29.0 Å². The number of ketones is 1. The maximum atomic E-state index is 12.6. The Bertz CT molecular complexity index is 1060. The Balaban J connectivity index is 1.81. The zero-order chi connectivity index (χ0) is 19.1. The number of nitriles is 1. The summed E-state index contributed by atoms with van der Waals surface area (Å²) in [5.41, 5.74) is 3.62. The SMILES string of the molecule is CC1=C(C#N)C(c2ccc(-c3ccc(Cl)c(Cl)c3)o2)C2=C(CCCC2=O)N1. The molecule has 2 aromatic rings. The molecule has 1 aliphatic heterocycles. The van der Waals surface area contributed by atoms with Crippen LogP contribution in [0.3, 0.4) is 0 Å². The molecule has 0 saturated heterocycles. The molecule has 4 nitrogen and oxygen atoms in total. The Labute approximate surface area is 167 Å². The highest BCUT2D eigenvalue weighted by atomic mass is 35.5. The number of benzene rings is 1. The van der Waals surface area contributed by atoms with Crippen molar-refractivity contribution < 1.29 is 9.21 Å². The average Bonchev–Trinajstić information content (AvgIpc) is 3.13. The van der Waals surface area contributed by atoms with Crippen molar-refractivity contribution in [1.29, 1.82) is 5.26 Å². The van der Waals surface area contributed by atoms with Gasteiger partial charge in [-0.25, -0.2) is 0 Å². The van der Waals surface area contributed by atoms with Gasteiger partial charge < -0.3 is 9.73 Å². The lowest BCUT2D eigenvalue weighted by atomic mass is 9.78. The van der Waals surface area contributed by atoms with E-state index in [1.807, 2.05) is 25.1 Å². The van der Waals surface area contributed by atoms with Crippen LogP contribution in [0, 0.1) is 11.3 Å². The number of allylic oxidation sites excluding steroid dienone is 4. The van der Waals surface area contributed by atoms with E-state index in [9.17, 15) is 10.1 Å². The lowest BCUT2D eigenvalue weighted by Crippen LogP contribution is -2.31. The molecule has 0 bridgehead atoms. The lowest BCUT2D eigenvalue weighted by molar-refractivity contribution is -0.116. The molecule has 1 aromatic carbocycles. The van der Waals surface area contributed by atoms with E-state index in [4.69, 9.17) is 27.6 Å². The molecule has 4 rings (SSSR count). The second kappa shape index (κ2) is 6.92. The van der Waals surface area contributed by atoms with Gasteiger partial charge in [-0.15, -0.1) is 0 Å². The Hall–Kier alpha value is -2.48. The van der Waals surface area contributed by atoms with Gasteiger partial charge in [0.1, 0.15) is 11.5 Å². The van der Waals surface area contributed by atoms with Gasteiger partial charge in [-0.1, -0.05) is 23.2 Å². The molecule has 0 spiro atoms. The van der Waals surface area contributed by atoms with Crippen molar-refractivity contribution in [3.05, 3.63) is 68.7 Å². The summed E-state index contributed by atoms with van der Waals surface area (Å²) < 4.78 is 6.08. The number of dihydropyridines is 1. The highest BCUT2D eigenvalue weighted by Gasteiger charge is 2.37. The van der Waals surface area contributed by atoms with Gasteiger partial charge in [0, 0.05) is 29.0 Å². The van der Waals surface area contributed by atoms with Gasteiger partial charge in [0.15, 0.2) is 5.78 Å². The van der Waals surface area contributed by atoms with E-state index in [0.717, 1.165) is 29.8 Å². The fourth-order valence-electron chi connectivity index (χ4n) is 3.73. The summed E-state index contributed by atoms with van der Waals surface area (Å²) in [6.07, 6.45) is 2.11. The smallest absolute Gasteiger partial charge is 0.161 e. The number of nitrogens with one attached hydrogen (secondary N) is 1. The summed E-state index contributed by atoms with van der Waals surface area (Å²) in [6, 6.07) is 11.2. The van der Waals surface area contributed by atoms with Crippen LogP contribution >= 0.6 is 23.2 Å². The topological polar surface area (TPSA) is 66.0 Å². The van der Waals surface area contributed by atoms with Gasteiger partial charge in [-0.2, -0.15) is 5.26 Å². The van der Waals surface area contributed by atoms with E-state index in [2.05, 4.69) is 11.4 Å². The Morgan fingerprint density at radius 2 is 2.00 bits per heavy atom. The second-order valence-corrected chi connectivity index (χ2v) is 7.52. The molecule has 1 aromatic heterocycles. The molecule has 1 N–H and O–H groups in total. The third-order valence-electron chi connectivity index (χ3n) is 5.01. The van der Waals surface area contributed by atoms with Crippen molar-refractivity contribution in [2.75, 3.05) is 0 Å². The fraction of sp³-hybridized carbons (Fsp3) is 0.238. The number of hydrogen-bond donors (Lipinski definition) is 1.